The Kier molecular flexibility index (Phi) is 5.45. The zero-order valence-corrected chi connectivity index (χ0v) is 11.4. The SMILES string of the molecule is C#CCCCCNc1ccccc1S(=O)(=O)C(F)(F)F. The summed E-state index contributed by atoms with van der Waals surface area (Å²) in [5.41, 5.74) is -5.36. The number of benzene rings is 1. The Bertz CT molecular complexity index is 588. The van der Waals surface area contributed by atoms with Gasteiger partial charge in [-0.25, -0.2) is 8.42 Å². The molecule has 0 aromatic heterocycles. The van der Waals surface area contributed by atoms with Crippen molar-refractivity contribution in [2.45, 2.75) is 29.7 Å². The molecule has 0 spiro atoms. The van der Waals surface area contributed by atoms with Crippen molar-refractivity contribution in [2.75, 3.05) is 11.9 Å². The molecule has 0 saturated carbocycles. The number of para-hydroxylation sites is 1. The average Bonchev–Trinajstić information content (AvgIpc) is 2.37. The Balaban J connectivity index is 2.88. The second kappa shape index (κ2) is 6.66. The van der Waals surface area contributed by atoms with Crippen LogP contribution < -0.4 is 5.32 Å². The molecule has 0 saturated heterocycles. The lowest BCUT2D eigenvalue weighted by Gasteiger charge is -2.13. The number of rotatable bonds is 6. The van der Waals surface area contributed by atoms with Crippen molar-refractivity contribution >= 4 is 15.5 Å². The molecule has 0 amide bonds. The number of nitrogens with one attached hydrogen (secondary N) is 1. The molecule has 0 unspecified atom stereocenters. The van der Waals surface area contributed by atoms with Crippen molar-refractivity contribution in [1.29, 1.82) is 0 Å². The summed E-state index contributed by atoms with van der Waals surface area (Å²) in [6.07, 6.45) is 7.01. The van der Waals surface area contributed by atoms with Crippen LogP contribution in [0.5, 0.6) is 0 Å². The maximum Gasteiger partial charge on any atom is 0.501 e. The highest BCUT2D eigenvalue weighted by molar-refractivity contribution is 7.92. The molecule has 110 valence electrons. The van der Waals surface area contributed by atoms with Gasteiger partial charge in [0.25, 0.3) is 9.84 Å². The second-order valence-corrected chi connectivity index (χ2v) is 5.94. The van der Waals surface area contributed by atoms with E-state index in [1.54, 1.807) is 0 Å². The fourth-order valence-electron chi connectivity index (χ4n) is 1.55. The molecular formula is C13H14F3NO2S. The summed E-state index contributed by atoms with van der Waals surface area (Å²) in [6, 6.07) is 4.97. The zero-order valence-electron chi connectivity index (χ0n) is 10.6. The third-order valence-corrected chi connectivity index (χ3v) is 4.09. The van der Waals surface area contributed by atoms with E-state index in [0.717, 1.165) is 12.5 Å². The van der Waals surface area contributed by atoms with Gasteiger partial charge in [-0.3, -0.25) is 0 Å². The lowest BCUT2D eigenvalue weighted by molar-refractivity contribution is -0.0435. The lowest BCUT2D eigenvalue weighted by Crippen LogP contribution is -2.24. The fourth-order valence-corrected chi connectivity index (χ4v) is 2.48. The van der Waals surface area contributed by atoms with Crippen molar-refractivity contribution in [3.05, 3.63) is 24.3 Å². The van der Waals surface area contributed by atoms with Crippen LogP contribution in [0.3, 0.4) is 0 Å². The van der Waals surface area contributed by atoms with Crippen molar-refractivity contribution < 1.29 is 21.6 Å². The molecule has 0 aliphatic heterocycles. The molecule has 20 heavy (non-hydrogen) atoms. The van der Waals surface area contributed by atoms with Gasteiger partial charge in [0.2, 0.25) is 0 Å². The molecule has 0 atom stereocenters. The summed E-state index contributed by atoms with van der Waals surface area (Å²) in [5.74, 6) is 2.45. The predicted molar refractivity (Wildman–Crippen MR) is 70.9 cm³/mol. The first kappa shape index (κ1) is 16.4. The van der Waals surface area contributed by atoms with E-state index in [1.165, 1.54) is 18.2 Å². The monoisotopic (exact) mass is 305 g/mol. The molecule has 3 nitrogen and oxygen atoms in total. The Morgan fingerprint density at radius 2 is 1.85 bits per heavy atom. The van der Waals surface area contributed by atoms with Crippen LogP contribution in [0.1, 0.15) is 19.3 Å². The van der Waals surface area contributed by atoms with Crippen LogP contribution in [0.15, 0.2) is 29.2 Å². The summed E-state index contributed by atoms with van der Waals surface area (Å²) >= 11 is 0. The molecule has 1 aromatic carbocycles. The van der Waals surface area contributed by atoms with Gasteiger partial charge >= 0.3 is 5.51 Å². The average molecular weight is 305 g/mol. The number of anilines is 1. The Morgan fingerprint density at radius 1 is 1.20 bits per heavy atom. The summed E-state index contributed by atoms with van der Waals surface area (Å²) in [7, 11) is -5.35. The van der Waals surface area contributed by atoms with Crippen LogP contribution in [0.2, 0.25) is 0 Å². The van der Waals surface area contributed by atoms with Crippen molar-refractivity contribution in [3.8, 4) is 12.3 Å². The minimum atomic E-state index is -5.35. The topological polar surface area (TPSA) is 46.2 Å². The molecule has 1 N–H and O–H groups in total. The number of terminal acetylenes is 1. The quantitative estimate of drug-likeness (QED) is 0.648. The second-order valence-electron chi connectivity index (χ2n) is 4.03. The van der Waals surface area contributed by atoms with E-state index in [-0.39, 0.29) is 5.69 Å². The zero-order chi connectivity index (χ0) is 15.2. The molecule has 7 heteroatoms. The third-order valence-electron chi connectivity index (χ3n) is 2.54. The van der Waals surface area contributed by atoms with E-state index in [4.69, 9.17) is 6.42 Å². The molecule has 0 radical (unpaired) electrons. The van der Waals surface area contributed by atoms with Crippen molar-refractivity contribution in [1.82, 2.24) is 0 Å². The van der Waals surface area contributed by atoms with E-state index in [0.29, 0.717) is 19.4 Å². The van der Waals surface area contributed by atoms with Crippen LogP contribution in [-0.4, -0.2) is 20.5 Å². The molecule has 0 fully saturated rings. The number of sulfone groups is 1. The highest BCUT2D eigenvalue weighted by Gasteiger charge is 2.47. The van der Waals surface area contributed by atoms with Gasteiger partial charge in [-0.15, -0.1) is 12.3 Å². The minimum Gasteiger partial charge on any atom is -0.384 e. The molecule has 0 aliphatic carbocycles. The normalized spacial score (nSPS) is 11.9. The first-order valence-corrected chi connectivity index (χ1v) is 7.36. The molecule has 0 bridgehead atoms. The summed E-state index contributed by atoms with van der Waals surface area (Å²) in [4.78, 5) is -0.760. The van der Waals surface area contributed by atoms with E-state index in [2.05, 4.69) is 11.2 Å². The third kappa shape index (κ3) is 3.90. The van der Waals surface area contributed by atoms with E-state index >= 15 is 0 Å². The van der Waals surface area contributed by atoms with Gasteiger partial charge in [-0.1, -0.05) is 12.1 Å². The Morgan fingerprint density at radius 3 is 2.45 bits per heavy atom. The van der Waals surface area contributed by atoms with Crippen LogP contribution in [0.4, 0.5) is 18.9 Å². The van der Waals surface area contributed by atoms with Crippen molar-refractivity contribution in [3.63, 3.8) is 0 Å². The van der Waals surface area contributed by atoms with Gasteiger partial charge in [0.15, 0.2) is 0 Å². The number of unbranched alkanes of at least 4 members (excludes halogenated alkanes) is 2. The van der Waals surface area contributed by atoms with Gasteiger partial charge in [-0.05, 0) is 25.0 Å². The van der Waals surface area contributed by atoms with E-state index < -0.39 is 20.2 Å². The summed E-state index contributed by atoms with van der Waals surface area (Å²) < 4.78 is 60.5. The minimum absolute atomic E-state index is 0.0504. The number of alkyl halides is 3. The van der Waals surface area contributed by atoms with Crippen molar-refractivity contribution in [2.24, 2.45) is 0 Å². The predicted octanol–water partition coefficient (Wildman–Crippen LogP) is 3.20. The Labute approximate surface area is 116 Å². The van der Waals surface area contributed by atoms with Gasteiger partial charge in [-0.2, -0.15) is 13.2 Å². The Hall–Kier alpha value is -1.68. The van der Waals surface area contributed by atoms with Crippen LogP contribution in [0.25, 0.3) is 0 Å². The first-order valence-electron chi connectivity index (χ1n) is 5.88. The smallest absolute Gasteiger partial charge is 0.384 e. The van der Waals surface area contributed by atoms with Crippen LogP contribution >= 0.6 is 0 Å². The van der Waals surface area contributed by atoms with E-state index in [1.807, 2.05) is 0 Å². The summed E-state index contributed by atoms with van der Waals surface area (Å²) in [5, 5.41) is 2.70. The fraction of sp³-hybridized carbons (Fsp3) is 0.385. The van der Waals surface area contributed by atoms with Gasteiger partial charge in [0, 0.05) is 13.0 Å². The number of halogens is 3. The van der Waals surface area contributed by atoms with Gasteiger partial charge in [0.05, 0.1) is 10.6 Å². The molecule has 0 aliphatic rings. The maximum atomic E-state index is 12.5. The summed E-state index contributed by atoms with van der Waals surface area (Å²) in [6.45, 7) is 0.353. The van der Waals surface area contributed by atoms with Crippen LogP contribution in [-0.2, 0) is 9.84 Å². The number of hydrogen-bond acceptors (Lipinski definition) is 3. The largest absolute Gasteiger partial charge is 0.501 e. The highest BCUT2D eigenvalue weighted by Crippen LogP contribution is 2.34. The molecule has 0 heterocycles. The van der Waals surface area contributed by atoms with Gasteiger partial charge in [0.1, 0.15) is 0 Å². The molecule has 1 aromatic rings. The van der Waals surface area contributed by atoms with E-state index in [9.17, 15) is 21.6 Å². The number of hydrogen-bond donors (Lipinski definition) is 1. The molecular weight excluding hydrogens is 291 g/mol. The standard InChI is InChI=1S/C13H14F3NO2S/c1-2-3-4-7-10-17-11-8-5-6-9-12(11)20(18,19)13(14,15)16/h1,5-6,8-9,17H,3-4,7,10H2. The first-order chi connectivity index (χ1) is 9.30. The van der Waals surface area contributed by atoms with Gasteiger partial charge < -0.3 is 5.32 Å². The lowest BCUT2D eigenvalue weighted by atomic mass is 10.2. The molecule has 1 rings (SSSR count). The maximum absolute atomic E-state index is 12.5. The highest BCUT2D eigenvalue weighted by atomic mass is 32.2. The van der Waals surface area contributed by atoms with Crippen LogP contribution in [0, 0.1) is 12.3 Å².